The fraction of sp³-hybridized carbons (Fsp3) is 0.857. The van der Waals surface area contributed by atoms with Crippen LogP contribution < -0.4 is 0 Å². The molecule has 0 aliphatic heterocycles. The number of tetrazole rings is 1. The van der Waals surface area contributed by atoms with Crippen molar-refractivity contribution >= 4 is 11.6 Å². The maximum absolute atomic E-state index is 5.67. The second-order valence-corrected chi connectivity index (χ2v) is 3.67. The van der Waals surface area contributed by atoms with Crippen molar-refractivity contribution in [2.24, 2.45) is 5.92 Å². The van der Waals surface area contributed by atoms with Gasteiger partial charge in [0.25, 0.3) is 0 Å². The number of aromatic nitrogens is 4. The Balaban J connectivity index is 2.12. The molecule has 1 aromatic rings. The summed E-state index contributed by atoms with van der Waals surface area (Å²) < 4.78 is 1.85. The zero-order valence-corrected chi connectivity index (χ0v) is 7.70. The Hall–Kier alpha value is -0.640. The summed E-state index contributed by atoms with van der Waals surface area (Å²) in [6.07, 6.45) is 2.35. The monoisotopic (exact) mass is 186 g/mol. The first kappa shape index (κ1) is 7.98. The van der Waals surface area contributed by atoms with Gasteiger partial charge >= 0.3 is 0 Å². The molecule has 0 N–H and O–H groups in total. The lowest BCUT2D eigenvalue weighted by molar-refractivity contribution is 0.194. The van der Waals surface area contributed by atoms with Gasteiger partial charge in [0.1, 0.15) is 0 Å². The maximum atomic E-state index is 5.67. The zero-order chi connectivity index (χ0) is 8.55. The molecular formula is C7H11ClN4. The SMILES string of the molecule is CC1CC(n2nnnc2CCl)C1. The Bertz CT molecular complexity index is 266. The molecule has 1 fully saturated rings. The van der Waals surface area contributed by atoms with Gasteiger partial charge in [-0.05, 0) is 29.2 Å². The van der Waals surface area contributed by atoms with E-state index in [0.717, 1.165) is 11.7 Å². The second kappa shape index (κ2) is 3.01. The van der Waals surface area contributed by atoms with Crippen molar-refractivity contribution in [2.75, 3.05) is 0 Å². The molecule has 0 aromatic carbocycles. The molecule has 66 valence electrons. The molecule has 2 rings (SSSR count). The number of hydrogen-bond donors (Lipinski definition) is 0. The van der Waals surface area contributed by atoms with Crippen LogP contribution >= 0.6 is 11.6 Å². The number of nitrogens with zero attached hydrogens (tertiary/aromatic N) is 4. The molecule has 0 bridgehead atoms. The minimum atomic E-state index is 0.401. The van der Waals surface area contributed by atoms with Crippen molar-refractivity contribution < 1.29 is 0 Å². The highest BCUT2D eigenvalue weighted by molar-refractivity contribution is 6.16. The molecule has 0 radical (unpaired) electrons. The van der Waals surface area contributed by atoms with Gasteiger partial charge in [-0.3, -0.25) is 0 Å². The second-order valence-electron chi connectivity index (χ2n) is 3.40. The number of halogens is 1. The molecule has 0 spiro atoms. The Kier molecular flexibility index (Phi) is 2.00. The smallest absolute Gasteiger partial charge is 0.166 e. The molecule has 0 amide bonds. The van der Waals surface area contributed by atoms with Gasteiger partial charge in [0, 0.05) is 0 Å². The first-order chi connectivity index (χ1) is 5.81. The van der Waals surface area contributed by atoms with Crippen LogP contribution in [0.15, 0.2) is 0 Å². The molecule has 1 aromatic heterocycles. The minimum Gasteiger partial charge on any atom is -0.225 e. The zero-order valence-electron chi connectivity index (χ0n) is 6.94. The molecule has 1 aliphatic carbocycles. The molecule has 1 heterocycles. The number of hydrogen-bond acceptors (Lipinski definition) is 3. The van der Waals surface area contributed by atoms with Crippen LogP contribution in [0, 0.1) is 5.92 Å². The lowest BCUT2D eigenvalue weighted by Crippen LogP contribution is -2.26. The molecule has 0 atom stereocenters. The predicted octanol–water partition coefficient (Wildman–Crippen LogP) is 1.38. The standard InChI is InChI=1S/C7H11ClN4/c1-5-2-6(3-5)12-7(4-8)9-10-11-12/h5-6H,2-4H2,1H3. The molecule has 0 saturated heterocycles. The highest BCUT2D eigenvalue weighted by atomic mass is 35.5. The van der Waals surface area contributed by atoms with Crippen molar-refractivity contribution in [1.29, 1.82) is 0 Å². The topological polar surface area (TPSA) is 43.6 Å². The van der Waals surface area contributed by atoms with Crippen LogP contribution in [-0.2, 0) is 5.88 Å². The van der Waals surface area contributed by atoms with Crippen LogP contribution in [0.4, 0.5) is 0 Å². The first-order valence-corrected chi connectivity index (χ1v) is 4.67. The van der Waals surface area contributed by atoms with Crippen LogP contribution in [0.25, 0.3) is 0 Å². The third-order valence-corrected chi connectivity index (χ3v) is 2.61. The number of rotatable bonds is 2. The van der Waals surface area contributed by atoms with E-state index >= 15 is 0 Å². The first-order valence-electron chi connectivity index (χ1n) is 4.14. The summed E-state index contributed by atoms with van der Waals surface area (Å²) >= 11 is 5.67. The van der Waals surface area contributed by atoms with E-state index in [1.165, 1.54) is 12.8 Å². The van der Waals surface area contributed by atoms with Gasteiger partial charge in [-0.2, -0.15) is 0 Å². The van der Waals surface area contributed by atoms with E-state index in [2.05, 4.69) is 22.4 Å². The molecule has 0 unspecified atom stereocenters. The third-order valence-electron chi connectivity index (χ3n) is 2.38. The van der Waals surface area contributed by atoms with Crippen LogP contribution in [0.3, 0.4) is 0 Å². The van der Waals surface area contributed by atoms with Gasteiger partial charge in [-0.15, -0.1) is 16.7 Å². The molecule has 1 aliphatic rings. The van der Waals surface area contributed by atoms with Crippen molar-refractivity contribution in [3.05, 3.63) is 5.82 Å². The van der Waals surface area contributed by atoms with Crippen molar-refractivity contribution in [3.63, 3.8) is 0 Å². The summed E-state index contributed by atoms with van der Waals surface area (Å²) in [5, 5.41) is 11.3. The van der Waals surface area contributed by atoms with Crippen LogP contribution in [0.1, 0.15) is 31.6 Å². The van der Waals surface area contributed by atoms with Crippen molar-refractivity contribution in [2.45, 2.75) is 31.7 Å². The Morgan fingerprint density at radius 1 is 1.58 bits per heavy atom. The molecular weight excluding hydrogens is 176 g/mol. The largest absolute Gasteiger partial charge is 0.225 e. The summed E-state index contributed by atoms with van der Waals surface area (Å²) in [7, 11) is 0. The minimum absolute atomic E-state index is 0.401. The number of alkyl halides is 1. The molecule has 12 heavy (non-hydrogen) atoms. The van der Waals surface area contributed by atoms with Gasteiger partial charge < -0.3 is 0 Å². The van der Waals surface area contributed by atoms with Crippen molar-refractivity contribution in [3.8, 4) is 0 Å². The van der Waals surface area contributed by atoms with Gasteiger partial charge in [0.2, 0.25) is 0 Å². The van der Waals surface area contributed by atoms with Crippen molar-refractivity contribution in [1.82, 2.24) is 20.2 Å². The Labute approximate surface area is 75.9 Å². The maximum Gasteiger partial charge on any atom is 0.166 e. The van der Waals surface area contributed by atoms with Gasteiger partial charge in [-0.1, -0.05) is 6.92 Å². The third kappa shape index (κ3) is 1.20. The summed E-state index contributed by atoms with van der Waals surface area (Å²) in [6.45, 7) is 2.24. The summed E-state index contributed by atoms with van der Waals surface area (Å²) in [4.78, 5) is 0. The van der Waals surface area contributed by atoms with Crippen LogP contribution in [-0.4, -0.2) is 20.2 Å². The van der Waals surface area contributed by atoms with E-state index in [-0.39, 0.29) is 0 Å². The fourth-order valence-electron chi connectivity index (χ4n) is 1.64. The predicted molar refractivity (Wildman–Crippen MR) is 44.8 cm³/mol. The van der Waals surface area contributed by atoms with E-state index in [1.807, 2.05) is 4.68 Å². The average molecular weight is 187 g/mol. The van der Waals surface area contributed by atoms with E-state index in [1.54, 1.807) is 0 Å². The normalized spacial score (nSPS) is 28.5. The highest BCUT2D eigenvalue weighted by Gasteiger charge is 2.29. The quantitative estimate of drug-likeness (QED) is 0.656. The summed E-state index contributed by atoms with van der Waals surface area (Å²) in [5.74, 6) is 1.99. The molecule has 1 saturated carbocycles. The molecule has 5 heteroatoms. The summed E-state index contributed by atoms with van der Waals surface area (Å²) in [6, 6.07) is 0.490. The van der Waals surface area contributed by atoms with Gasteiger partial charge in [-0.25, -0.2) is 4.68 Å². The van der Waals surface area contributed by atoms with Crippen LogP contribution in [0.5, 0.6) is 0 Å². The van der Waals surface area contributed by atoms with E-state index in [0.29, 0.717) is 11.9 Å². The summed E-state index contributed by atoms with van der Waals surface area (Å²) in [5.41, 5.74) is 0. The van der Waals surface area contributed by atoms with E-state index in [4.69, 9.17) is 11.6 Å². The lowest BCUT2D eigenvalue weighted by atomic mass is 9.82. The van der Waals surface area contributed by atoms with Crippen LogP contribution in [0.2, 0.25) is 0 Å². The molecule has 4 nitrogen and oxygen atoms in total. The average Bonchev–Trinajstić information content (AvgIpc) is 2.45. The Morgan fingerprint density at radius 3 is 2.92 bits per heavy atom. The lowest BCUT2D eigenvalue weighted by Gasteiger charge is -2.32. The van der Waals surface area contributed by atoms with E-state index in [9.17, 15) is 0 Å². The highest BCUT2D eigenvalue weighted by Crippen LogP contribution is 2.36. The van der Waals surface area contributed by atoms with Gasteiger partial charge in [0.15, 0.2) is 5.82 Å². The Morgan fingerprint density at radius 2 is 2.33 bits per heavy atom. The van der Waals surface area contributed by atoms with E-state index < -0.39 is 0 Å². The fourth-order valence-corrected chi connectivity index (χ4v) is 1.82. The van der Waals surface area contributed by atoms with Gasteiger partial charge in [0.05, 0.1) is 11.9 Å².